The van der Waals surface area contributed by atoms with E-state index in [0.29, 0.717) is 5.13 Å². The van der Waals surface area contributed by atoms with Crippen LogP contribution in [0.25, 0.3) is 0 Å². The molecule has 3 aromatic rings. The summed E-state index contributed by atoms with van der Waals surface area (Å²) in [6.07, 6.45) is 2.18. The molecule has 0 saturated carbocycles. The number of amides is 1. The lowest BCUT2D eigenvalue weighted by atomic mass is 10.1. The molecule has 0 atom stereocenters. The summed E-state index contributed by atoms with van der Waals surface area (Å²) in [6, 6.07) is 9.18. The predicted octanol–water partition coefficient (Wildman–Crippen LogP) is 3.62. The second-order valence-electron chi connectivity index (χ2n) is 5.32. The van der Waals surface area contributed by atoms with E-state index in [1.54, 1.807) is 12.1 Å². The molecule has 122 valence electrons. The molecular formula is C17H14N2O4S. The van der Waals surface area contributed by atoms with Gasteiger partial charge in [0.05, 0.1) is 12.0 Å². The number of hydrogen-bond acceptors (Lipinski definition) is 6. The molecule has 0 bridgehead atoms. The standard InChI is InChI=1S/C17H14N2O4S/c1-10-15(8-11-4-5-12-14(7-11)23-9-22-12)24-17(18-10)19-16(20)13-3-2-6-21-13/h2-7H,8-9H2,1H3,(H,18,19,20). The summed E-state index contributed by atoms with van der Waals surface area (Å²) in [5, 5.41) is 3.32. The number of thiazole rings is 1. The number of benzene rings is 1. The lowest BCUT2D eigenvalue weighted by Crippen LogP contribution is -2.10. The van der Waals surface area contributed by atoms with Crippen molar-refractivity contribution >= 4 is 22.4 Å². The van der Waals surface area contributed by atoms with Crippen LogP contribution in [0.2, 0.25) is 0 Å². The maximum atomic E-state index is 12.0. The number of anilines is 1. The third-order valence-electron chi connectivity index (χ3n) is 3.66. The van der Waals surface area contributed by atoms with E-state index < -0.39 is 0 Å². The molecule has 1 aromatic carbocycles. The van der Waals surface area contributed by atoms with Crippen LogP contribution in [0.4, 0.5) is 5.13 Å². The lowest BCUT2D eigenvalue weighted by molar-refractivity contribution is 0.0996. The predicted molar refractivity (Wildman–Crippen MR) is 88.9 cm³/mol. The molecular weight excluding hydrogens is 328 g/mol. The quantitative estimate of drug-likeness (QED) is 0.784. The van der Waals surface area contributed by atoms with Crippen LogP contribution in [0.5, 0.6) is 11.5 Å². The number of hydrogen-bond donors (Lipinski definition) is 1. The lowest BCUT2D eigenvalue weighted by Gasteiger charge is -2.02. The van der Waals surface area contributed by atoms with Gasteiger partial charge in [0.2, 0.25) is 6.79 Å². The Morgan fingerprint density at radius 3 is 3.00 bits per heavy atom. The Hall–Kier alpha value is -2.80. The van der Waals surface area contributed by atoms with Gasteiger partial charge in [-0.15, -0.1) is 11.3 Å². The maximum Gasteiger partial charge on any atom is 0.293 e. The second-order valence-corrected chi connectivity index (χ2v) is 6.41. The Morgan fingerprint density at radius 1 is 1.29 bits per heavy atom. The van der Waals surface area contributed by atoms with E-state index in [9.17, 15) is 4.79 Å². The van der Waals surface area contributed by atoms with Crippen LogP contribution in [0, 0.1) is 6.92 Å². The molecule has 0 saturated heterocycles. The molecule has 0 fully saturated rings. The SMILES string of the molecule is Cc1nc(NC(=O)c2ccco2)sc1Cc1ccc2c(c1)OCO2. The van der Waals surface area contributed by atoms with Crippen LogP contribution < -0.4 is 14.8 Å². The minimum absolute atomic E-state index is 0.264. The molecule has 1 amide bonds. The Balaban J connectivity index is 1.50. The molecule has 3 heterocycles. The summed E-state index contributed by atoms with van der Waals surface area (Å²) >= 11 is 1.46. The highest BCUT2D eigenvalue weighted by Gasteiger charge is 2.16. The van der Waals surface area contributed by atoms with E-state index in [4.69, 9.17) is 13.9 Å². The summed E-state index contributed by atoms with van der Waals surface area (Å²) < 4.78 is 15.8. The van der Waals surface area contributed by atoms with Gasteiger partial charge >= 0.3 is 0 Å². The fraction of sp³-hybridized carbons (Fsp3) is 0.176. The van der Waals surface area contributed by atoms with Crippen LogP contribution in [0.15, 0.2) is 41.0 Å². The van der Waals surface area contributed by atoms with Crippen LogP contribution in [0.1, 0.15) is 26.7 Å². The molecule has 4 rings (SSSR count). The highest BCUT2D eigenvalue weighted by atomic mass is 32.1. The van der Waals surface area contributed by atoms with Crippen LogP contribution in [-0.2, 0) is 6.42 Å². The molecule has 7 heteroatoms. The van der Waals surface area contributed by atoms with Gasteiger partial charge in [-0.3, -0.25) is 10.1 Å². The number of carbonyl (C=O) groups excluding carboxylic acids is 1. The topological polar surface area (TPSA) is 73.6 Å². The largest absolute Gasteiger partial charge is 0.459 e. The summed E-state index contributed by atoms with van der Waals surface area (Å²) in [5.74, 6) is 1.50. The monoisotopic (exact) mass is 342 g/mol. The van der Waals surface area contributed by atoms with E-state index in [0.717, 1.165) is 34.1 Å². The fourth-order valence-electron chi connectivity index (χ4n) is 2.45. The highest BCUT2D eigenvalue weighted by Crippen LogP contribution is 2.34. The summed E-state index contributed by atoms with van der Waals surface area (Å²) in [5.41, 5.74) is 2.00. The number of aromatic nitrogens is 1. The van der Waals surface area contributed by atoms with Crippen molar-refractivity contribution < 1.29 is 18.7 Å². The third kappa shape index (κ3) is 2.85. The van der Waals surface area contributed by atoms with Crippen LogP contribution in [0.3, 0.4) is 0 Å². The molecule has 0 radical (unpaired) electrons. The maximum absolute atomic E-state index is 12.0. The van der Waals surface area contributed by atoms with Crippen molar-refractivity contribution in [3.05, 3.63) is 58.5 Å². The van der Waals surface area contributed by atoms with Crippen LogP contribution >= 0.6 is 11.3 Å². The zero-order chi connectivity index (χ0) is 16.5. The normalized spacial score (nSPS) is 12.4. The average Bonchev–Trinajstić information content (AvgIpc) is 3.29. The Labute approximate surface area is 142 Å². The molecule has 6 nitrogen and oxygen atoms in total. The molecule has 1 N–H and O–H groups in total. The van der Waals surface area contributed by atoms with E-state index in [1.165, 1.54) is 17.6 Å². The van der Waals surface area contributed by atoms with Gasteiger partial charge in [-0.2, -0.15) is 0 Å². The van der Waals surface area contributed by atoms with Gasteiger partial charge in [-0.1, -0.05) is 6.07 Å². The van der Waals surface area contributed by atoms with Crippen molar-refractivity contribution in [1.82, 2.24) is 4.98 Å². The van der Waals surface area contributed by atoms with E-state index in [-0.39, 0.29) is 18.5 Å². The van der Waals surface area contributed by atoms with Gasteiger partial charge in [0.15, 0.2) is 22.4 Å². The third-order valence-corrected chi connectivity index (χ3v) is 4.73. The number of furan rings is 1. The molecule has 1 aliphatic heterocycles. The van der Waals surface area contributed by atoms with Crippen molar-refractivity contribution in [2.24, 2.45) is 0 Å². The fourth-order valence-corrected chi connectivity index (χ4v) is 3.44. The van der Waals surface area contributed by atoms with Gasteiger partial charge in [0.1, 0.15) is 0 Å². The number of ether oxygens (including phenoxy) is 2. The summed E-state index contributed by atoms with van der Waals surface area (Å²) in [7, 11) is 0. The number of nitrogens with zero attached hydrogens (tertiary/aromatic N) is 1. The zero-order valence-corrected chi connectivity index (χ0v) is 13.7. The Bertz CT molecular complexity index is 886. The van der Waals surface area contributed by atoms with Crippen LogP contribution in [-0.4, -0.2) is 17.7 Å². The first-order chi connectivity index (χ1) is 11.7. The molecule has 1 aliphatic rings. The molecule has 0 aliphatic carbocycles. The number of nitrogens with one attached hydrogen (secondary N) is 1. The second kappa shape index (κ2) is 6.01. The number of fused-ring (bicyclic) bond motifs is 1. The number of carbonyl (C=O) groups is 1. The van der Waals surface area contributed by atoms with Crippen molar-refractivity contribution in [3.63, 3.8) is 0 Å². The Morgan fingerprint density at radius 2 is 2.17 bits per heavy atom. The van der Waals surface area contributed by atoms with Crippen molar-refractivity contribution in [2.75, 3.05) is 12.1 Å². The van der Waals surface area contributed by atoms with Gasteiger partial charge in [0, 0.05) is 11.3 Å². The van der Waals surface area contributed by atoms with Crippen molar-refractivity contribution in [2.45, 2.75) is 13.3 Å². The first-order valence-electron chi connectivity index (χ1n) is 7.39. The van der Waals surface area contributed by atoms with E-state index >= 15 is 0 Å². The molecule has 24 heavy (non-hydrogen) atoms. The highest BCUT2D eigenvalue weighted by molar-refractivity contribution is 7.15. The van der Waals surface area contributed by atoms with Crippen molar-refractivity contribution in [3.8, 4) is 11.5 Å². The number of aryl methyl sites for hydroxylation is 1. The van der Waals surface area contributed by atoms with Gasteiger partial charge in [0.25, 0.3) is 5.91 Å². The van der Waals surface area contributed by atoms with Gasteiger partial charge in [-0.05, 0) is 36.8 Å². The van der Waals surface area contributed by atoms with Gasteiger partial charge in [-0.25, -0.2) is 4.98 Å². The zero-order valence-electron chi connectivity index (χ0n) is 12.9. The first kappa shape index (κ1) is 14.8. The van der Waals surface area contributed by atoms with Crippen molar-refractivity contribution in [1.29, 1.82) is 0 Å². The molecule has 0 spiro atoms. The average molecular weight is 342 g/mol. The number of rotatable bonds is 4. The Kier molecular flexibility index (Phi) is 3.70. The van der Waals surface area contributed by atoms with E-state index in [1.807, 2.05) is 25.1 Å². The minimum atomic E-state index is -0.302. The summed E-state index contributed by atoms with van der Waals surface area (Å²) in [4.78, 5) is 17.5. The smallest absolute Gasteiger partial charge is 0.293 e. The first-order valence-corrected chi connectivity index (χ1v) is 8.20. The molecule has 2 aromatic heterocycles. The minimum Gasteiger partial charge on any atom is -0.459 e. The van der Waals surface area contributed by atoms with Gasteiger partial charge < -0.3 is 13.9 Å². The summed E-state index contributed by atoms with van der Waals surface area (Å²) in [6.45, 7) is 2.20. The van der Waals surface area contributed by atoms with E-state index in [2.05, 4.69) is 10.3 Å². The molecule has 0 unspecified atom stereocenters.